The van der Waals surface area contributed by atoms with Crippen LogP contribution in [0.2, 0.25) is 0 Å². The van der Waals surface area contributed by atoms with Crippen molar-refractivity contribution in [2.24, 2.45) is 11.8 Å². The minimum atomic E-state index is -0.662. The summed E-state index contributed by atoms with van der Waals surface area (Å²) in [5.41, 5.74) is 0. The van der Waals surface area contributed by atoms with Crippen LogP contribution in [0.3, 0.4) is 0 Å². The molecular formula is C33H41ClO10. The number of carbonyl (C=O) groups excluding carboxylic acids is 4. The van der Waals surface area contributed by atoms with E-state index in [2.05, 4.69) is 23.7 Å². The van der Waals surface area contributed by atoms with Crippen LogP contribution in [0.5, 0.6) is 0 Å². The molecule has 0 aromatic carbocycles. The van der Waals surface area contributed by atoms with E-state index in [4.69, 9.17) is 40.0 Å². The van der Waals surface area contributed by atoms with Crippen LogP contribution < -0.4 is 0 Å². The zero-order chi connectivity index (χ0) is 32.1. The summed E-state index contributed by atoms with van der Waals surface area (Å²) in [6.45, 7) is 5.13. The largest absolute Gasteiger partial charge is 0.463 e. The molecule has 2 heterocycles. The van der Waals surface area contributed by atoms with E-state index in [1.165, 1.54) is 27.7 Å². The average Bonchev–Trinajstić information content (AvgIpc) is 3.03. The third-order valence-electron chi connectivity index (χ3n) is 7.13. The van der Waals surface area contributed by atoms with Crippen LogP contribution in [0.15, 0.2) is 24.3 Å². The number of carbonyl (C=O) groups is 4. The number of rotatable bonds is 6. The Bertz CT molecular complexity index is 1110. The maximum Gasteiger partial charge on any atom is 0.303 e. The quantitative estimate of drug-likeness (QED) is 0.140. The van der Waals surface area contributed by atoms with Gasteiger partial charge in [-0.3, -0.25) is 19.2 Å². The maximum absolute atomic E-state index is 11.5. The molecular weight excluding hydrogens is 592 g/mol. The Kier molecular flexibility index (Phi) is 14.3. The first-order chi connectivity index (χ1) is 21.0. The van der Waals surface area contributed by atoms with E-state index < -0.39 is 60.5 Å². The van der Waals surface area contributed by atoms with Gasteiger partial charge in [0.05, 0.1) is 0 Å². The third-order valence-corrected chi connectivity index (χ3v) is 7.48. The number of hydrogen-bond acceptors (Lipinski definition) is 10. The highest BCUT2D eigenvalue weighted by Gasteiger charge is 2.31. The van der Waals surface area contributed by atoms with Gasteiger partial charge in [0.2, 0.25) is 0 Å². The van der Waals surface area contributed by atoms with Gasteiger partial charge in [0.15, 0.2) is 0 Å². The van der Waals surface area contributed by atoms with Crippen molar-refractivity contribution in [1.29, 1.82) is 0 Å². The minimum absolute atomic E-state index is 0.0489. The molecule has 3 aliphatic rings. The molecule has 0 spiro atoms. The van der Waals surface area contributed by atoms with Crippen LogP contribution in [0.4, 0.5) is 0 Å². The molecule has 10 nitrogen and oxygen atoms in total. The van der Waals surface area contributed by atoms with Gasteiger partial charge >= 0.3 is 23.9 Å². The van der Waals surface area contributed by atoms with Crippen LogP contribution in [-0.4, -0.2) is 79.1 Å². The molecule has 0 radical (unpaired) electrons. The van der Waals surface area contributed by atoms with Crippen LogP contribution in [-0.2, 0) is 47.6 Å². The van der Waals surface area contributed by atoms with Crippen LogP contribution in [0.25, 0.3) is 0 Å². The lowest BCUT2D eigenvalue weighted by molar-refractivity contribution is -0.162. The maximum atomic E-state index is 11.5. The van der Waals surface area contributed by atoms with Crippen molar-refractivity contribution in [2.45, 2.75) is 108 Å². The van der Waals surface area contributed by atoms with Gasteiger partial charge in [0, 0.05) is 44.9 Å². The molecule has 0 saturated heterocycles. The van der Waals surface area contributed by atoms with E-state index in [1.807, 2.05) is 0 Å². The Morgan fingerprint density at radius 2 is 1.07 bits per heavy atom. The average molecular weight is 633 g/mol. The first-order valence-electron chi connectivity index (χ1n) is 14.9. The predicted octanol–water partition coefficient (Wildman–Crippen LogP) is 3.82. The smallest absolute Gasteiger partial charge is 0.303 e. The lowest BCUT2D eigenvalue weighted by atomic mass is 9.95. The van der Waals surface area contributed by atoms with Crippen LogP contribution in [0, 0.1) is 35.5 Å². The fourth-order valence-corrected chi connectivity index (χ4v) is 5.56. The summed E-state index contributed by atoms with van der Waals surface area (Å²) in [4.78, 5) is 45.5. The summed E-state index contributed by atoms with van der Waals surface area (Å²) in [6, 6.07) is 0. The second-order valence-electron chi connectivity index (χ2n) is 11.0. The second-order valence-corrected chi connectivity index (χ2v) is 11.7. The molecule has 44 heavy (non-hydrogen) atoms. The molecule has 0 bridgehead atoms. The molecule has 2 aliphatic heterocycles. The number of ether oxygens (including phenoxy) is 6. The molecule has 1 saturated carbocycles. The minimum Gasteiger partial charge on any atom is -0.463 e. The molecule has 8 atom stereocenters. The lowest BCUT2D eigenvalue weighted by Crippen LogP contribution is -2.41. The zero-order valence-corrected chi connectivity index (χ0v) is 26.4. The first-order valence-corrected chi connectivity index (χ1v) is 15.4. The van der Waals surface area contributed by atoms with E-state index in [9.17, 15) is 19.2 Å². The first kappa shape index (κ1) is 35.2. The fraction of sp³-hybridized carbons (Fsp3) is 0.636. The molecule has 0 N–H and O–H groups in total. The Morgan fingerprint density at radius 3 is 1.43 bits per heavy atom. The Balaban J connectivity index is 1.60. The molecule has 0 amide bonds. The third kappa shape index (κ3) is 12.7. The van der Waals surface area contributed by atoms with Gasteiger partial charge in [-0.2, -0.15) is 0 Å². The molecule has 1 fully saturated rings. The Morgan fingerprint density at radius 1 is 0.659 bits per heavy atom. The van der Waals surface area contributed by atoms with Gasteiger partial charge in [-0.25, -0.2) is 0 Å². The summed E-state index contributed by atoms with van der Waals surface area (Å²) < 4.78 is 32.7. The number of alkyl halides is 1. The summed E-state index contributed by atoms with van der Waals surface area (Å²) in [5, 5.41) is -0.132. The zero-order valence-electron chi connectivity index (χ0n) is 25.6. The number of halogens is 1. The van der Waals surface area contributed by atoms with Gasteiger partial charge in [-0.05, 0) is 50.0 Å². The Hall–Kier alpha value is -3.31. The SMILES string of the molecule is CC(=O)OC[C@H]1O[C@H](C#CC2CCCCC(C#C[C@@H]3C=C[C@H](OC(C)=O)[C@@H](COC(C)=O)O3)CC(Cl)C2)C=C[C@@H]1OC(C)=O. The highest BCUT2D eigenvalue weighted by atomic mass is 35.5. The summed E-state index contributed by atoms with van der Waals surface area (Å²) >= 11 is 6.80. The normalized spacial score (nSPS) is 31.7. The predicted molar refractivity (Wildman–Crippen MR) is 160 cm³/mol. The summed E-state index contributed by atoms with van der Waals surface area (Å²) in [7, 11) is 0. The molecule has 11 heteroatoms. The molecule has 0 aromatic rings. The highest BCUT2D eigenvalue weighted by Crippen LogP contribution is 2.29. The molecule has 0 aromatic heterocycles. The number of hydrogen-bond donors (Lipinski definition) is 0. The van der Waals surface area contributed by atoms with Crippen molar-refractivity contribution in [2.75, 3.05) is 13.2 Å². The van der Waals surface area contributed by atoms with Crippen LogP contribution in [0.1, 0.15) is 66.2 Å². The monoisotopic (exact) mass is 632 g/mol. The van der Waals surface area contributed by atoms with E-state index in [0.29, 0.717) is 12.8 Å². The molecule has 240 valence electrons. The summed E-state index contributed by atoms with van der Waals surface area (Å²) in [5.74, 6) is 11.4. The van der Waals surface area contributed by atoms with E-state index in [1.54, 1.807) is 24.3 Å². The van der Waals surface area contributed by atoms with Gasteiger partial charge in [-0.15, -0.1) is 11.6 Å². The Labute approximate surface area is 264 Å². The van der Waals surface area contributed by atoms with Crippen molar-refractivity contribution in [1.82, 2.24) is 0 Å². The topological polar surface area (TPSA) is 124 Å². The van der Waals surface area contributed by atoms with E-state index >= 15 is 0 Å². The van der Waals surface area contributed by atoms with Crippen molar-refractivity contribution in [3.05, 3.63) is 24.3 Å². The fourth-order valence-electron chi connectivity index (χ4n) is 5.13. The van der Waals surface area contributed by atoms with Crippen molar-refractivity contribution < 1.29 is 47.6 Å². The molecule has 1 aliphatic carbocycles. The van der Waals surface area contributed by atoms with Crippen LogP contribution >= 0.6 is 11.6 Å². The van der Waals surface area contributed by atoms with Gasteiger partial charge in [-0.1, -0.05) is 36.5 Å². The van der Waals surface area contributed by atoms with Gasteiger partial charge in [0.1, 0.15) is 49.8 Å². The van der Waals surface area contributed by atoms with E-state index in [0.717, 1.165) is 25.7 Å². The van der Waals surface area contributed by atoms with E-state index in [-0.39, 0.29) is 30.4 Å². The molecule has 2 unspecified atom stereocenters. The highest BCUT2D eigenvalue weighted by molar-refractivity contribution is 6.20. The summed E-state index contributed by atoms with van der Waals surface area (Å²) in [6.07, 6.45) is 8.36. The molecule has 3 rings (SSSR count). The number of esters is 4. The standard InChI is InChI=1S/C33H41ClO10/c1-21(35)39-19-32-30(41-23(3)37)15-13-28(43-32)11-9-25-7-5-6-8-26(18-27(34)17-25)10-12-29-14-16-31(42-24(4)38)33(44-29)20-40-22(2)36/h13-16,25-33H,5-8,17-20H2,1-4H3/t25?,26?,27?,28-,29-,30+,31+,32-,33-/m1/s1. The van der Waals surface area contributed by atoms with Crippen molar-refractivity contribution in [3.8, 4) is 23.7 Å². The van der Waals surface area contributed by atoms with Crippen molar-refractivity contribution in [3.63, 3.8) is 0 Å². The van der Waals surface area contributed by atoms with Crippen molar-refractivity contribution >= 4 is 35.5 Å². The lowest BCUT2D eigenvalue weighted by Gasteiger charge is -2.29. The van der Waals surface area contributed by atoms with Gasteiger partial charge < -0.3 is 28.4 Å². The second kappa shape index (κ2) is 17.9. The van der Waals surface area contributed by atoms with Gasteiger partial charge in [0.25, 0.3) is 0 Å².